The van der Waals surface area contributed by atoms with Crippen molar-refractivity contribution < 1.29 is 17.6 Å². The number of hydrogen-bond donors (Lipinski definition) is 0. The predicted molar refractivity (Wildman–Crippen MR) is 67.9 cm³/mol. The molecule has 0 aliphatic carbocycles. The molecule has 0 unspecified atom stereocenters. The second-order valence-electron chi connectivity index (χ2n) is 4.26. The van der Waals surface area contributed by atoms with Crippen LogP contribution >= 0.6 is 22.6 Å². The molecule has 0 spiro atoms. The number of rotatable bonds is 1. The SMILES string of the molecule is Fc1cc(N2CCC(C(F)(F)F)CC2)ncc1I. The summed E-state index contributed by atoms with van der Waals surface area (Å²) in [6.45, 7) is 0.522. The maximum atomic E-state index is 13.3. The lowest BCUT2D eigenvalue weighted by atomic mass is 9.96. The van der Waals surface area contributed by atoms with Gasteiger partial charge in [0.05, 0.1) is 9.49 Å². The predicted octanol–water partition coefficient (Wildman–Crippen LogP) is 3.60. The van der Waals surface area contributed by atoms with Crippen molar-refractivity contribution in [3.63, 3.8) is 0 Å². The Morgan fingerprint density at radius 3 is 2.39 bits per heavy atom. The van der Waals surface area contributed by atoms with Crippen LogP contribution in [-0.4, -0.2) is 24.2 Å². The molecule has 0 aromatic carbocycles. The summed E-state index contributed by atoms with van der Waals surface area (Å²) in [4.78, 5) is 5.74. The summed E-state index contributed by atoms with van der Waals surface area (Å²) in [6.07, 6.45) is -2.66. The summed E-state index contributed by atoms with van der Waals surface area (Å²) in [5, 5.41) is 0. The minimum absolute atomic E-state index is 0.0405. The fraction of sp³-hybridized carbons (Fsp3) is 0.545. The molecule has 1 aromatic heterocycles. The molecule has 1 fully saturated rings. The topological polar surface area (TPSA) is 16.1 Å². The second kappa shape index (κ2) is 5.18. The minimum atomic E-state index is -4.13. The third kappa shape index (κ3) is 3.04. The van der Waals surface area contributed by atoms with Crippen molar-refractivity contribution in [2.24, 2.45) is 5.92 Å². The van der Waals surface area contributed by atoms with Crippen molar-refractivity contribution in [3.05, 3.63) is 21.7 Å². The summed E-state index contributed by atoms with van der Waals surface area (Å²) < 4.78 is 51.2. The van der Waals surface area contributed by atoms with E-state index in [2.05, 4.69) is 4.98 Å². The van der Waals surface area contributed by atoms with Crippen molar-refractivity contribution in [3.8, 4) is 0 Å². The number of nitrogens with zero attached hydrogens (tertiary/aromatic N) is 2. The van der Waals surface area contributed by atoms with Crippen LogP contribution in [0.1, 0.15) is 12.8 Å². The van der Waals surface area contributed by atoms with E-state index in [1.54, 1.807) is 4.90 Å². The van der Waals surface area contributed by atoms with Crippen LogP contribution in [0.15, 0.2) is 12.3 Å². The Morgan fingerprint density at radius 1 is 1.28 bits per heavy atom. The molecule has 1 aliphatic heterocycles. The molecule has 0 bridgehead atoms. The van der Waals surface area contributed by atoms with Gasteiger partial charge in [-0.15, -0.1) is 0 Å². The van der Waals surface area contributed by atoms with E-state index in [1.165, 1.54) is 12.3 Å². The first kappa shape index (κ1) is 13.8. The van der Waals surface area contributed by atoms with E-state index in [0.29, 0.717) is 9.39 Å². The van der Waals surface area contributed by atoms with Gasteiger partial charge in [0.25, 0.3) is 0 Å². The zero-order chi connectivity index (χ0) is 13.3. The van der Waals surface area contributed by atoms with Crippen molar-refractivity contribution in [2.45, 2.75) is 19.0 Å². The van der Waals surface area contributed by atoms with Gasteiger partial charge < -0.3 is 4.90 Å². The summed E-state index contributed by atoms with van der Waals surface area (Å²) in [6, 6.07) is 1.27. The third-order valence-electron chi connectivity index (χ3n) is 3.08. The van der Waals surface area contributed by atoms with Gasteiger partial charge in [0.2, 0.25) is 0 Å². The van der Waals surface area contributed by atoms with Crippen LogP contribution in [0.25, 0.3) is 0 Å². The minimum Gasteiger partial charge on any atom is -0.357 e. The van der Waals surface area contributed by atoms with E-state index in [0.717, 1.165) is 0 Å². The highest BCUT2D eigenvalue weighted by Crippen LogP contribution is 2.35. The lowest BCUT2D eigenvalue weighted by Gasteiger charge is -2.33. The maximum Gasteiger partial charge on any atom is 0.391 e. The molecule has 0 N–H and O–H groups in total. The first-order valence-corrected chi connectivity index (χ1v) is 6.58. The molecule has 18 heavy (non-hydrogen) atoms. The first-order chi connectivity index (χ1) is 8.38. The zero-order valence-electron chi connectivity index (χ0n) is 9.34. The molecule has 2 heterocycles. The monoisotopic (exact) mass is 374 g/mol. The molecule has 0 atom stereocenters. The molecular weight excluding hydrogens is 363 g/mol. The fourth-order valence-corrected chi connectivity index (χ4v) is 2.31. The van der Waals surface area contributed by atoms with Crippen LogP contribution in [-0.2, 0) is 0 Å². The smallest absolute Gasteiger partial charge is 0.357 e. The molecule has 2 nitrogen and oxygen atoms in total. The number of alkyl halides is 3. The number of pyridine rings is 1. The lowest BCUT2D eigenvalue weighted by Crippen LogP contribution is -2.39. The van der Waals surface area contributed by atoms with Crippen LogP contribution in [0, 0.1) is 15.3 Å². The number of piperidine rings is 1. The van der Waals surface area contributed by atoms with E-state index in [1.807, 2.05) is 22.6 Å². The van der Waals surface area contributed by atoms with E-state index >= 15 is 0 Å². The number of aromatic nitrogens is 1. The highest BCUT2D eigenvalue weighted by molar-refractivity contribution is 14.1. The van der Waals surface area contributed by atoms with Gasteiger partial charge in [0.1, 0.15) is 11.6 Å². The second-order valence-corrected chi connectivity index (χ2v) is 5.42. The van der Waals surface area contributed by atoms with Crippen LogP contribution in [0.3, 0.4) is 0 Å². The Morgan fingerprint density at radius 2 is 1.89 bits per heavy atom. The Labute approximate surface area is 116 Å². The van der Waals surface area contributed by atoms with Crippen molar-refractivity contribution in [2.75, 3.05) is 18.0 Å². The van der Waals surface area contributed by atoms with Gasteiger partial charge in [-0.05, 0) is 35.4 Å². The summed E-state index contributed by atoms with van der Waals surface area (Å²) in [5.41, 5.74) is 0. The molecule has 1 aliphatic rings. The Bertz CT molecular complexity index is 428. The standard InChI is InChI=1S/C11H11F4IN2/c12-8-5-10(17-6-9(8)16)18-3-1-7(2-4-18)11(13,14)15/h5-7H,1-4H2. The van der Waals surface area contributed by atoms with Gasteiger partial charge >= 0.3 is 6.18 Å². The summed E-state index contributed by atoms with van der Waals surface area (Å²) in [5.74, 6) is -1.23. The quantitative estimate of drug-likeness (QED) is 0.552. The van der Waals surface area contributed by atoms with Crippen LogP contribution in [0.4, 0.5) is 23.4 Å². The Hall–Kier alpha value is -0.600. The van der Waals surface area contributed by atoms with E-state index < -0.39 is 17.9 Å². The van der Waals surface area contributed by atoms with Gasteiger partial charge in [0.15, 0.2) is 0 Å². The number of hydrogen-bond acceptors (Lipinski definition) is 2. The van der Waals surface area contributed by atoms with E-state index in [4.69, 9.17) is 0 Å². The summed E-state index contributed by atoms with van der Waals surface area (Å²) in [7, 11) is 0. The van der Waals surface area contributed by atoms with E-state index in [9.17, 15) is 17.6 Å². The van der Waals surface area contributed by atoms with Gasteiger partial charge in [0, 0.05) is 25.4 Å². The molecule has 7 heteroatoms. The molecule has 2 rings (SSSR count). The normalized spacial score (nSPS) is 18.2. The van der Waals surface area contributed by atoms with Crippen molar-refractivity contribution in [1.82, 2.24) is 4.98 Å². The molecule has 100 valence electrons. The average Bonchev–Trinajstić information content (AvgIpc) is 2.32. The van der Waals surface area contributed by atoms with Gasteiger partial charge in [-0.2, -0.15) is 13.2 Å². The van der Waals surface area contributed by atoms with Crippen LogP contribution < -0.4 is 4.90 Å². The molecule has 0 saturated carbocycles. The van der Waals surface area contributed by atoms with Gasteiger partial charge in [-0.3, -0.25) is 0 Å². The molecule has 1 aromatic rings. The van der Waals surface area contributed by atoms with Crippen LogP contribution in [0.2, 0.25) is 0 Å². The first-order valence-electron chi connectivity index (χ1n) is 5.50. The highest BCUT2D eigenvalue weighted by atomic mass is 127. The third-order valence-corrected chi connectivity index (χ3v) is 3.87. The number of anilines is 1. The number of halogens is 5. The summed E-state index contributed by atoms with van der Waals surface area (Å²) >= 11 is 1.82. The molecule has 0 radical (unpaired) electrons. The Kier molecular flexibility index (Phi) is 3.98. The highest BCUT2D eigenvalue weighted by Gasteiger charge is 2.41. The molecule has 0 amide bonds. The maximum absolute atomic E-state index is 13.3. The van der Waals surface area contributed by atoms with E-state index in [-0.39, 0.29) is 25.9 Å². The van der Waals surface area contributed by atoms with Gasteiger partial charge in [-0.25, -0.2) is 9.37 Å². The molecular formula is C11H11F4IN2. The largest absolute Gasteiger partial charge is 0.391 e. The van der Waals surface area contributed by atoms with Crippen LogP contribution in [0.5, 0.6) is 0 Å². The lowest BCUT2D eigenvalue weighted by molar-refractivity contribution is -0.179. The zero-order valence-corrected chi connectivity index (χ0v) is 11.5. The fourth-order valence-electron chi connectivity index (χ4n) is 2.01. The molecule has 1 saturated heterocycles. The van der Waals surface area contributed by atoms with Gasteiger partial charge in [-0.1, -0.05) is 0 Å². The average molecular weight is 374 g/mol. The van der Waals surface area contributed by atoms with Crippen molar-refractivity contribution in [1.29, 1.82) is 0 Å². The Balaban J connectivity index is 2.03. The van der Waals surface area contributed by atoms with Crippen molar-refractivity contribution >= 4 is 28.4 Å².